The lowest BCUT2D eigenvalue weighted by atomic mass is 9.94. The number of hydrogen-bond donors (Lipinski definition) is 1. The van der Waals surface area contributed by atoms with Crippen molar-refractivity contribution in [3.05, 3.63) is 34.9 Å². The number of hydrogen-bond acceptors (Lipinski definition) is 1. The van der Waals surface area contributed by atoms with Gasteiger partial charge >= 0.3 is 0 Å². The van der Waals surface area contributed by atoms with E-state index in [0.717, 1.165) is 19.0 Å². The monoisotopic (exact) mass is 219 g/mol. The fraction of sp³-hybridized carbons (Fsp3) is 0.600. The van der Waals surface area contributed by atoms with Gasteiger partial charge < -0.3 is 5.32 Å². The van der Waals surface area contributed by atoms with Crippen molar-refractivity contribution in [2.24, 2.45) is 5.92 Å². The van der Waals surface area contributed by atoms with Gasteiger partial charge in [-0.1, -0.05) is 44.5 Å². The summed E-state index contributed by atoms with van der Waals surface area (Å²) >= 11 is 0. The molecule has 1 aromatic carbocycles. The zero-order valence-corrected chi connectivity index (χ0v) is 11.3. The molecular weight excluding hydrogens is 194 g/mol. The Hall–Kier alpha value is -0.820. The van der Waals surface area contributed by atoms with E-state index >= 15 is 0 Å². The smallest absolute Gasteiger partial charge is 0.00177 e. The molecule has 0 amide bonds. The van der Waals surface area contributed by atoms with E-state index in [1.165, 1.54) is 16.7 Å². The predicted molar refractivity (Wildman–Crippen MR) is 72.0 cm³/mol. The molecule has 0 aliphatic carbocycles. The van der Waals surface area contributed by atoms with Crippen LogP contribution in [-0.4, -0.2) is 13.1 Å². The number of nitrogens with one attached hydrogen (secondary N) is 1. The summed E-state index contributed by atoms with van der Waals surface area (Å²) in [6.07, 6.45) is 0. The van der Waals surface area contributed by atoms with Crippen LogP contribution in [0, 0.1) is 19.8 Å². The maximum absolute atomic E-state index is 3.53. The van der Waals surface area contributed by atoms with Crippen molar-refractivity contribution in [2.75, 3.05) is 13.1 Å². The molecule has 1 unspecified atom stereocenters. The maximum atomic E-state index is 3.53. The molecule has 0 aliphatic rings. The second kappa shape index (κ2) is 6.05. The Balaban J connectivity index is 2.58. The zero-order chi connectivity index (χ0) is 12.1. The average molecular weight is 219 g/mol. The molecule has 16 heavy (non-hydrogen) atoms. The Labute approximate surface area is 100 Å². The van der Waals surface area contributed by atoms with Crippen LogP contribution in [0.25, 0.3) is 0 Å². The maximum Gasteiger partial charge on any atom is 0.00177 e. The number of benzene rings is 1. The van der Waals surface area contributed by atoms with Gasteiger partial charge in [0.05, 0.1) is 0 Å². The van der Waals surface area contributed by atoms with Crippen LogP contribution in [0.5, 0.6) is 0 Å². The third-order valence-electron chi connectivity index (χ3n) is 2.97. The first-order chi connectivity index (χ1) is 7.50. The molecule has 0 saturated carbocycles. The van der Waals surface area contributed by atoms with Gasteiger partial charge in [-0.15, -0.1) is 0 Å². The molecule has 1 nitrogen and oxygen atoms in total. The Morgan fingerprint density at radius 1 is 1.06 bits per heavy atom. The summed E-state index contributed by atoms with van der Waals surface area (Å²) in [5.74, 6) is 1.32. The van der Waals surface area contributed by atoms with E-state index in [2.05, 4.69) is 58.1 Å². The summed E-state index contributed by atoms with van der Waals surface area (Å²) < 4.78 is 0. The van der Waals surface area contributed by atoms with Crippen LogP contribution in [0.1, 0.15) is 43.4 Å². The third kappa shape index (κ3) is 3.97. The van der Waals surface area contributed by atoms with E-state index in [-0.39, 0.29) is 0 Å². The van der Waals surface area contributed by atoms with E-state index in [1.807, 2.05) is 0 Å². The quantitative estimate of drug-likeness (QED) is 0.797. The van der Waals surface area contributed by atoms with Gasteiger partial charge in [-0.2, -0.15) is 0 Å². The molecule has 0 spiro atoms. The first-order valence-corrected chi connectivity index (χ1v) is 6.28. The highest BCUT2D eigenvalue weighted by Crippen LogP contribution is 2.20. The van der Waals surface area contributed by atoms with Gasteiger partial charge in [-0.05, 0) is 43.4 Å². The third-order valence-corrected chi connectivity index (χ3v) is 2.97. The van der Waals surface area contributed by atoms with Crippen molar-refractivity contribution in [2.45, 2.75) is 40.5 Å². The summed E-state index contributed by atoms with van der Waals surface area (Å²) in [6.45, 7) is 13.3. The summed E-state index contributed by atoms with van der Waals surface area (Å²) in [7, 11) is 0. The molecule has 1 atom stereocenters. The van der Waals surface area contributed by atoms with Crippen LogP contribution < -0.4 is 5.32 Å². The predicted octanol–water partition coefficient (Wildman–Crippen LogP) is 3.65. The van der Waals surface area contributed by atoms with Crippen LogP contribution in [0.2, 0.25) is 0 Å². The number of rotatable bonds is 5. The van der Waals surface area contributed by atoms with E-state index in [4.69, 9.17) is 0 Å². The minimum atomic E-state index is 0.596. The van der Waals surface area contributed by atoms with Crippen LogP contribution in [0.3, 0.4) is 0 Å². The van der Waals surface area contributed by atoms with Crippen molar-refractivity contribution < 1.29 is 0 Å². The average Bonchev–Trinajstić information content (AvgIpc) is 2.21. The van der Waals surface area contributed by atoms with E-state index in [1.54, 1.807) is 0 Å². The highest BCUT2D eigenvalue weighted by Gasteiger charge is 2.08. The lowest BCUT2D eigenvalue weighted by Crippen LogP contribution is -2.24. The molecule has 0 bridgehead atoms. The second-order valence-electron chi connectivity index (χ2n) is 5.31. The summed E-state index contributed by atoms with van der Waals surface area (Å²) in [6, 6.07) is 6.73. The molecule has 0 aliphatic heterocycles. The molecule has 0 aromatic heterocycles. The van der Waals surface area contributed by atoms with Crippen LogP contribution in [0.4, 0.5) is 0 Å². The topological polar surface area (TPSA) is 12.0 Å². The molecular formula is C15H25N. The van der Waals surface area contributed by atoms with Gasteiger partial charge in [0.25, 0.3) is 0 Å². The minimum Gasteiger partial charge on any atom is -0.316 e. The Morgan fingerprint density at radius 2 is 1.75 bits per heavy atom. The fourth-order valence-electron chi connectivity index (χ4n) is 1.99. The van der Waals surface area contributed by atoms with Gasteiger partial charge in [-0.25, -0.2) is 0 Å². The molecule has 0 radical (unpaired) electrons. The summed E-state index contributed by atoms with van der Waals surface area (Å²) in [4.78, 5) is 0. The Bertz CT molecular complexity index is 328. The van der Waals surface area contributed by atoms with Crippen molar-refractivity contribution in [3.63, 3.8) is 0 Å². The van der Waals surface area contributed by atoms with E-state index in [0.29, 0.717) is 5.92 Å². The molecule has 0 saturated heterocycles. The largest absolute Gasteiger partial charge is 0.316 e. The van der Waals surface area contributed by atoms with Gasteiger partial charge in [0.2, 0.25) is 0 Å². The highest BCUT2D eigenvalue weighted by molar-refractivity contribution is 5.33. The van der Waals surface area contributed by atoms with Crippen LogP contribution in [-0.2, 0) is 0 Å². The zero-order valence-electron chi connectivity index (χ0n) is 11.3. The SMILES string of the molecule is Cc1ccc(C)c(C(C)CNCC(C)C)c1. The minimum absolute atomic E-state index is 0.596. The van der Waals surface area contributed by atoms with E-state index < -0.39 is 0 Å². The van der Waals surface area contributed by atoms with Gasteiger partial charge in [0, 0.05) is 6.54 Å². The Kier molecular flexibility index (Phi) is 5.01. The molecule has 1 aromatic rings. The summed E-state index contributed by atoms with van der Waals surface area (Å²) in [5.41, 5.74) is 4.25. The van der Waals surface area contributed by atoms with Crippen LogP contribution >= 0.6 is 0 Å². The molecule has 1 heteroatoms. The Morgan fingerprint density at radius 3 is 2.38 bits per heavy atom. The molecule has 1 rings (SSSR count). The van der Waals surface area contributed by atoms with E-state index in [9.17, 15) is 0 Å². The fourth-order valence-corrected chi connectivity index (χ4v) is 1.99. The lowest BCUT2D eigenvalue weighted by Gasteiger charge is -2.17. The van der Waals surface area contributed by atoms with Crippen molar-refractivity contribution in [3.8, 4) is 0 Å². The van der Waals surface area contributed by atoms with Crippen molar-refractivity contribution in [1.29, 1.82) is 0 Å². The van der Waals surface area contributed by atoms with Crippen molar-refractivity contribution >= 4 is 0 Å². The second-order valence-corrected chi connectivity index (χ2v) is 5.31. The molecule has 0 fully saturated rings. The number of aryl methyl sites for hydroxylation is 2. The summed E-state index contributed by atoms with van der Waals surface area (Å²) in [5, 5.41) is 3.53. The van der Waals surface area contributed by atoms with Gasteiger partial charge in [-0.3, -0.25) is 0 Å². The molecule has 90 valence electrons. The van der Waals surface area contributed by atoms with Crippen molar-refractivity contribution in [1.82, 2.24) is 5.32 Å². The van der Waals surface area contributed by atoms with Crippen LogP contribution in [0.15, 0.2) is 18.2 Å². The lowest BCUT2D eigenvalue weighted by molar-refractivity contribution is 0.528. The molecule has 1 N–H and O–H groups in total. The molecule has 0 heterocycles. The van der Waals surface area contributed by atoms with Gasteiger partial charge in [0.1, 0.15) is 0 Å². The highest BCUT2D eigenvalue weighted by atomic mass is 14.9. The standard InChI is InChI=1S/C15H25N/c1-11(2)9-16-10-14(5)15-8-12(3)6-7-13(15)4/h6-8,11,14,16H,9-10H2,1-5H3. The van der Waals surface area contributed by atoms with Gasteiger partial charge in [0.15, 0.2) is 0 Å². The normalized spacial score (nSPS) is 13.1. The first-order valence-electron chi connectivity index (χ1n) is 6.28. The first kappa shape index (κ1) is 13.2.